The van der Waals surface area contributed by atoms with Gasteiger partial charge in [0.1, 0.15) is 23.7 Å². The maximum absolute atomic E-state index is 14.8. The van der Waals surface area contributed by atoms with Crippen molar-refractivity contribution in [2.45, 2.75) is 102 Å². The van der Waals surface area contributed by atoms with Crippen LogP contribution in [0.5, 0.6) is 0 Å². The van der Waals surface area contributed by atoms with Gasteiger partial charge in [-0.3, -0.25) is 19.2 Å². The van der Waals surface area contributed by atoms with Gasteiger partial charge in [-0.15, -0.1) is 0 Å². The number of amides is 3. The molecule has 10 nitrogen and oxygen atoms in total. The molecule has 0 bridgehead atoms. The number of rotatable bonds is 9. The highest BCUT2D eigenvalue weighted by Gasteiger charge is 2.72. The lowest BCUT2D eigenvalue weighted by molar-refractivity contribution is -0.162. The number of cyclic esters (lactones) is 1. The zero-order chi connectivity index (χ0) is 33.0. The summed E-state index contributed by atoms with van der Waals surface area (Å²) in [5, 5.41) is 13.6. The number of esters is 1. The monoisotopic (exact) mass is 635 g/mol. The minimum Gasteiger partial charge on any atom is -0.455 e. The van der Waals surface area contributed by atoms with Gasteiger partial charge in [-0.25, -0.2) is 0 Å². The number of aliphatic hydroxyl groups is 1. The van der Waals surface area contributed by atoms with Crippen LogP contribution in [0.25, 0.3) is 0 Å². The quantitative estimate of drug-likeness (QED) is 0.241. The fraction of sp³-hybridized carbons (Fsp3) is 0.611. The summed E-state index contributed by atoms with van der Waals surface area (Å²) in [6.07, 6.45) is 9.70. The van der Waals surface area contributed by atoms with Crippen molar-refractivity contribution in [2.75, 3.05) is 19.7 Å². The summed E-state index contributed by atoms with van der Waals surface area (Å²) >= 11 is 0. The van der Waals surface area contributed by atoms with Crippen molar-refractivity contribution in [1.29, 1.82) is 0 Å². The van der Waals surface area contributed by atoms with Crippen LogP contribution in [0.15, 0.2) is 54.6 Å². The number of nitrogens with zero attached hydrogens (tertiary/aromatic N) is 2. The molecule has 1 aromatic carbocycles. The number of hydrogen-bond donors (Lipinski definition) is 2. The number of unbranched alkanes of at least 4 members (excludes halogenated alkanes) is 2. The normalized spacial score (nSPS) is 33.5. The summed E-state index contributed by atoms with van der Waals surface area (Å²) in [5.41, 5.74) is -0.724. The predicted octanol–water partition coefficient (Wildman–Crippen LogP) is 3.70. The van der Waals surface area contributed by atoms with Crippen LogP contribution >= 0.6 is 0 Å². The fourth-order valence-corrected chi connectivity index (χ4v) is 7.62. The molecule has 4 aliphatic heterocycles. The Morgan fingerprint density at radius 3 is 2.52 bits per heavy atom. The Labute approximate surface area is 272 Å². The Bertz CT molecular complexity index is 1330. The zero-order valence-electron chi connectivity index (χ0n) is 27.5. The van der Waals surface area contributed by atoms with Gasteiger partial charge >= 0.3 is 5.97 Å². The Kier molecular flexibility index (Phi) is 10.7. The van der Waals surface area contributed by atoms with Crippen molar-refractivity contribution >= 4 is 23.7 Å². The Morgan fingerprint density at radius 2 is 1.83 bits per heavy atom. The molecule has 46 heavy (non-hydrogen) atoms. The molecule has 2 fully saturated rings. The van der Waals surface area contributed by atoms with Gasteiger partial charge in [0, 0.05) is 19.5 Å². The second-order valence-corrected chi connectivity index (χ2v) is 13.2. The molecule has 250 valence electrons. The van der Waals surface area contributed by atoms with Gasteiger partial charge in [0.25, 0.3) is 0 Å². The number of likely N-dealkylation sites (tertiary alicyclic amines) is 1. The number of aliphatic hydroxyl groups excluding tert-OH is 1. The molecule has 4 aliphatic rings. The number of carbonyl (C=O) groups is 4. The summed E-state index contributed by atoms with van der Waals surface area (Å²) in [4.78, 5) is 59.8. The molecule has 0 saturated carbocycles. The molecule has 0 aromatic heterocycles. The maximum atomic E-state index is 14.8. The van der Waals surface area contributed by atoms with E-state index in [4.69, 9.17) is 9.47 Å². The minimum atomic E-state index is -1.44. The van der Waals surface area contributed by atoms with Gasteiger partial charge in [-0.05, 0) is 31.2 Å². The van der Waals surface area contributed by atoms with E-state index in [1.54, 1.807) is 24.0 Å². The number of fused-ring (bicyclic) bond motifs is 2. The summed E-state index contributed by atoms with van der Waals surface area (Å²) in [6, 6.07) is 7.00. The SMILES string of the molecule is CCCCCN1CC=C[C@]23O[C@@H]4/C=C\CCC(=O)N[C@H](C)[C@@H](c5ccccc5)OC(=O)[C@@H]4[C@H]2C(=O)N([C@@H](CO)[C@@H](C)CC)[C@@H]3C1=O. The molecule has 3 amide bonds. The summed E-state index contributed by atoms with van der Waals surface area (Å²) in [5.74, 6) is -3.62. The number of benzene rings is 1. The van der Waals surface area contributed by atoms with Crippen LogP contribution in [0.1, 0.15) is 77.9 Å². The first-order valence-corrected chi connectivity index (χ1v) is 17.0. The molecule has 0 aliphatic carbocycles. The van der Waals surface area contributed by atoms with Gasteiger partial charge in [0.2, 0.25) is 17.7 Å². The standard InChI is InChI=1S/C36H49N3O7/c1-5-7-13-20-38-21-14-19-36-30(33(42)39(32(36)34(38)43)26(22-40)23(3)6-2)29-27(46-36)17-11-12-18-28(41)37-24(4)31(45-35(29)44)25-15-9-8-10-16-25/h8-11,14-17,19,23-24,26-27,29-32,40H,5-7,12-13,18,20-22H2,1-4H3,(H,37,41)/b17-11-/t23-,24+,26-,27+,29-,30-,31-,32+,36-/m0/s1. The number of ether oxygens (including phenoxy) is 2. The van der Waals surface area contributed by atoms with Crippen LogP contribution in [0.4, 0.5) is 0 Å². The van der Waals surface area contributed by atoms with Crippen molar-refractivity contribution in [3.05, 3.63) is 60.2 Å². The van der Waals surface area contributed by atoms with Crippen LogP contribution in [-0.2, 0) is 28.7 Å². The molecule has 1 spiro atoms. The number of nitrogens with one attached hydrogen (secondary N) is 1. The highest BCUT2D eigenvalue weighted by molar-refractivity contribution is 5.99. The summed E-state index contributed by atoms with van der Waals surface area (Å²) < 4.78 is 13.1. The van der Waals surface area contributed by atoms with E-state index < -0.39 is 53.7 Å². The largest absolute Gasteiger partial charge is 0.455 e. The molecule has 1 aromatic rings. The molecule has 0 radical (unpaired) electrons. The summed E-state index contributed by atoms with van der Waals surface area (Å²) in [7, 11) is 0. The van der Waals surface area contributed by atoms with Gasteiger partial charge in [0.15, 0.2) is 0 Å². The van der Waals surface area contributed by atoms with E-state index in [0.29, 0.717) is 31.5 Å². The van der Waals surface area contributed by atoms with Crippen molar-refractivity contribution < 1.29 is 33.8 Å². The van der Waals surface area contributed by atoms with Gasteiger partial charge in [0.05, 0.1) is 30.7 Å². The molecule has 5 rings (SSSR count). The van der Waals surface area contributed by atoms with E-state index in [1.165, 1.54) is 4.90 Å². The van der Waals surface area contributed by atoms with Crippen molar-refractivity contribution in [3.8, 4) is 0 Å². The lowest BCUT2D eigenvalue weighted by Crippen LogP contribution is -2.59. The zero-order valence-corrected chi connectivity index (χ0v) is 27.5. The lowest BCUT2D eigenvalue weighted by atomic mass is 9.77. The van der Waals surface area contributed by atoms with E-state index in [1.807, 2.05) is 56.3 Å². The molecule has 2 saturated heterocycles. The third kappa shape index (κ3) is 6.26. The van der Waals surface area contributed by atoms with E-state index in [9.17, 15) is 24.3 Å². The molecule has 9 atom stereocenters. The fourth-order valence-electron chi connectivity index (χ4n) is 7.62. The second-order valence-electron chi connectivity index (χ2n) is 13.2. The number of allylic oxidation sites excluding steroid dienone is 1. The smallest absolute Gasteiger partial charge is 0.313 e. The molecule has 10 heteroatoms. The number of carbonyl (C=O) groups excluding carboxylic acids is 4. The lowest BCUT2D eigenvalue weighted by Gasteiger charge is -2.40. The Hall–Kier alpha value is -3.50. The van der Waals surface area contributed by atoms with Crippen molar-refractivity contribution in [1.82, 2.24) is 15.1 Å². The van der Waals surface area contributed by atoms with Gasteiger partial charge in [-0.1, -0.05) is 94.7 Å². The molecule has 4 heterocycles. The van der Waals surface area contributed by atoms with Crippen LogP contribution in [0.2, 0.25) is 0 Å². The molecule has 0 unspecified atom stereocenters. The van der Waals surface area contributed by atoms with Crippen molar-refractivity contribution in [3.63, 3.8) is 0 Å². The van der Waals surface area contributed by atoms with E-state index in [-0.39, 0.29) is 36.7 Å². The highest BCUT2D eigenvalue weighted by atomic mass is 16.6. The first-order valence-electron chi connectivity index (χ1n) is 17.0. The Balaban J connectivity index is 1.61. The first kappa shape index (κ1) is 33.9. The predicted molar refractivity (Wildman–Crippen MR) is 172 cm³/mol. The number of hydrogen-bond acceptors (Lipinski definition) is 7. The minimum absolute atomic E-state index is 0.107. The van der Waals surface area contributed by atoms with Crippen LogP contribution in [0, 0.1) is 17.8 Å². The average molecular weight is 636 g/mol. The van der Waals surface area contributed by atoms with E-state index >= 15 is 0 Å². The topological polar surface area (TPSA) is 125 Å². The highest BCUT2D eigenvalue weighted by Crippen LogP contribution is 2.54. The van der Waals surface area contributed by atoms with E-state index in [2.05, 4.69) is 12.2 Å². The van der Waals surface area contributed by atoms with Crippen LogP contribution < -0.4 is 5.32 Å². The van der Waals surface area contributed by atoms with Crippen LogP contribution in [-0.4, -0.2) is 88.1 Å². The second kappa shape index (κ2) is 14.5. The third-order valence-electron chi connectivity index (χ3n) is 10.2. The van der Waals surface area contributed by atoms with Gasteiger partial charge in [-0.2, -0.15) is 0 Å². The third-order valence-corrected chi connectivity index (χ3v) is 10.2. The van der Waals surface area contributed by atoms with Crippen LogP contribution in [0.3, 0.4) is 0 Å². The first-order chi connectivity index (χ1) is 22.2. The molecular formula is C36H49N3O7. The van der Waals surface area contributed by atoms with E-state index in [0.717, 1.165) is 19.3 Å². The van der Waals surface area contributed by atoms with Crippen molar-refractivity contribution in [2.24, 2.45) is 17.8 Å². The van der Waals surface area contributed by atoms with Gasteiger partial charge < -0.3 is 29.7 Å². The Morgan fingerprint density at radius 1 is 1.07 bits per heavy atom. The summed E-state index contributed by atoms with van der Waals surface area (Å²) in [6.45, 7) is 8.43. The molecule has 2 N–H and O–H groups in total. The average Bonchev–Trinajstić information content (AvgIpc) is 3.44. The maximum Gasteiger partial charge on any atom is 0.313 e. The molecular weight excluding hydrogens is 586 g/mol.